The van der Waals surface area contributed by atoms with E-state index in [-0.39, 0.29) is 35.5 Å². The molecule has 0 saturated heterocycles. The predicted octanol–water partition coefficient (Wildman–Crippen LogP) is 6.48. The van der Waals surface area contributed by atoms with Crippen LogP contribution < -0.4 is 9.62 Å². The summed E-state index contributed by atoms with van der Waals surface area (Å²) in [5.41, 5.74) is 1.30. The summed E-state index contributed by atoms with van der Waals surface area (Å²) in [5.74, 6) is -0.968. The molecule has 7 nitrogen and oxygen atoms in total. The zero-order valence-corrected chi connectivity index (χ0v) is 25.8. The van der Waals surface area contributed by atoms with Gasteiger partial charge in [0.15, 0.2) is 0 Å². The van der Waals surface area contributed by atoms with Crippen molar-refractivity contribution in [2.45, 2.75) is 57.6 Å². The van der Waals surface area contributed by atoms with Crippen molar-refractivity contribution in [1.82, 2.24) is 10.2 Å². The summed E-state index contributed by atoms with van der Waals surface area (Å²) in [6.45, 7) is 6.46. The van der Waals surface area contributed by atoms with E-state index in [1.54, 1.807) is 68.4 Å². The van der Waals surface area contributed by atoms with Crippen molar-refractivity contribution in [2.75, 3.05) is 10.8 Å². The first-order valence-electron chi connectivity index (χ1n) is 12.7. The topological polar surface area (TPSA) is 86.8 Å². The molecule has 3 rings (SSSR count). The first kappa shape index (κ1) is 31.7. The lowest BCUT2D eigenvalue weighted by Crippen LogP contribution is -2.53. The second-order valence-electron chi connectivity index (χ2n) is 9.56. The van der Waals surface area contributed by atoms with Gasteiger partial charge in [0.05, 0.1) is 10.6 Å². The summed E-state index contributed by atoms with van der Waals surface area (Å²) in [5, 5.41) is 3.93. The Balaban J connectivity index is 2.13. The molecule has 0 aliphatic rings. The third-order valence-electron chi connectivity index (χ3n) is 6.24. The van der Waals surface area contributed by atoms with Crippen LogP contribution in [0.25, 0.3) is 0 Å². The Bertz CT molecular complexity index is 1450. The van der Waals surface area contributed by atoms with E-state index in [4.69, 9.17) is 34.8 Å². The second-order valence-corrected chi connectivity index (χ2v) is 12.7. The van der Waals surface area contributed by atoms with Crippen molar-refractivity contribution in [3.05, 3.63) is 92.9 Å². The molecule has 0 radical (unpaired) electrons. The van der Waals surface area contributed by atoms with Crippen LogP contribution in [0.1, 0.15) is 38.3 Å². The van der Waals surface area contributed by atoms with Gasteiger partial charge in [-0.15, -0.1) is 0 Å². The SMILES string of the molecule is CCC(C(=O)NC(C)C)N(Cc1c(Cl)cccc1Cl)C(=O)CN(c1ccc(Cl)cc1C)S(=O)(=O)c1ccccc1. The minimum Gasteiger partial charge on any atom is -0.352 e. The quantitative estimate of drug-likeness (QED) is 0.265. The van der Waals surface area contributed by atoms with Crippen LogP contribution in [0.3, 0.4) is 0 Å². The molecule has 0 fully saturated rings. The van der Waals surface area contributed by atoms with Gasteiger partial charge in [0.25, 0.3) is 10.0 Å². The van der Waals surface area contributed by atoms with Gasteiger partial charge in [0.1, 0.15) is 12.6 Å². The molecule has 1 atom stereocenters. The highest BCUT2D eigenvalue weighted by molar-refractivity contribution is 7.92. The number of sulfonamides is 1. The molecule has 0 spiro atoms. The van der Waals surface area contributed by atoms with Crippen LogP contribution in [0.4, 0.5) is 5.69 Å². The van der Waals surface area contributed by atoms with Gasteiger partial charge in [-0.1, -0.05) is 66.0 Å². The predicted molar refractivity (Wildman–Crippen MR) is 162 cm³/mol. The van der Waals surface area contributed by atoms with E-state index in [2.05, 4.69) is 5.32 Å². The van der Waals surface area contributed by atoms with Crippen LogP contribution in [0.5, 0.6) is 0 Å². The van der Waals surface area contributed by atoms with Crippen LogP contribution in [0, 0.1) is 6.92 Å². The molecule has 0 heterocycles. The molecule has 0 aliphatic carbocycles. The highest BCUT2D eigenvalue weighted by Gasteiger charge is 2.34. The molecule has 0 saturated carbocycles. The highest BCUT2D eigenvalue weighted by Crippen LogP contribution is 2.31. The number of nitrogens with zero attached hydrogens (tertiary/aromatic N) is 2. The lowest BCUT2D eigenvalue weighted by atomic mass is 10.1. The third-order valence-corrected chi connectivity index (χ3v) is 8.96. The number of benzene rings is 3. The highest BCUT2D eigenvalue weighted by atomic mass is 35.5. The van der Waals surface area contributed by atoms with Gasteiger partial charge >= 0.3 is 0 Å². The summed E-state index contributed by atoms with van der Waals surface area (Å²) in [6, 6.07) is 16.5. The van der Waals surface area contributed by atoms with Gasteiger partial charge in [-0.25, -0.2) is 8.42 Å². The summed E-state index contributed by atoms with van der Waals surface area (Å²) in [6.07, 6.45) is 0.276. The van der Waals surface area contributed by atoms with Gasteiger partial charge in [-0.2, -0.15) is 0 Å². The number of nitrogens with one attached hydrogen (secondary N) is 1. The smallest absolute Gasteiger partial charge is 0.264 e. The Morgan fingerprint density at radius 3 is 2.10 bits per heavy atom. The monoisotopic (exact) mass is 623 g/mol. The molecule has 11 heteroatoms. The molecular formula is C29H32Cl3N3O4S. The van der Waals surface area contributed by atoms with E-state index in [0.717, 1.165) is 4.31 Å². The van der Waals surface area contributed by atoms with Crippen molar-refractivity contribution in [3.8, 4) is 0 Å². The molecule has 0 aromatic heterocycles. The van der Waals surface area contributed by atoms with E-state index in [1.165, 1.54) is 17.0 Å². The minimum atomic E-state index is -4.19. The second kappa shape index (κ2) is 13.7. The van der Waals surface area contributed by atoms with Crippen molar-refractivity contribution in [2.24, 2.45) is 0 Å². The standard InChI is InChI=1S/C29H32Cl3N3O4S/c1-5-26(29(37)33-19(2)3)34(17-23-24(31)12-9-13-25(23)32)28(36)18-35(27-15-14-21(30)16-20(27)4)40(38,39)22-10-7-6-8-11-22/h6-16,19,26H,5,17-18H2,1-4H3,(H,33,37). The number of amides is 2. The Hall–Kier alpha value is -2.78. The number of carbonyl (C=O) groups is 2. The van der Waals surface area contributed by atoms with E-state index >= 15 is 0 Å². The van der Waals surface area contributed by atoms with Crippen LogP contribution in [-0.4, -0.2) is 43.8 Å². The maximum atomic E-state index is 14.1. The van der Waals surface area contributed by atoms with E-state index < -0.39 is 28.5 Å². The minimum absolute atomic E-state index is 0.0161. The van der Waals surface area contributed by atoms with E-state index in [0.29, 0.717) is 26.2 Å². The zero-order valence-electron chi connectivity index (χ0n) is 22.7. The molecule has 1 N–H and O–H groups in total. The van der Waals surface area contributed by atoms with Crippen molar-refractivity contribution >= 4 is 62.3 Å². The molecule has 0 aliphatic heterocycles. The Morgan fingerprint density at radius 2 is 1.55 bits per heavy atom. The first-order chi connectivity index (χ1) is 18.9. The van der Waals surface area contributed by atoms with E-state index in [1.807, 2.05) is 13.8 Å². The fraction of sp³-hybridized carbons (Fsp3) is 0.310. The summed E-state index contributed by atoms with van der Waals surface area (Å²) >= 11 is 19.0. The molecule has 3 aromatic carbocycles. The van der Waals surface area contributed by atoms with Crippen molar-refractivity contribution < 1.29 is 18.0 Å². The van der Waals surface area contributed by atoms with Crippen molar-refractivity contribution in [1.29, 1.82) is 0 Å². The molecule has 214 valence electrons. The number of aryl methyl sites for hydroxylation is 1. The average molecular weight is 625 g/mol. The van der Waals surface area contributed by atoms with Crippen LogP contribution in [0.15, 0.2) is 71.6 Å². The maximum Gasteiger partial charge on any atom is 0.264 e. The first-order valence-corrected chi connectivity index (χ1v) is 15.3. The van der Waals surface area contributed by atoms with E-state index in [9.17, 15) is 18.0 Å². The average Bonchev–Trinajstić information content (AvgIpc) is 2.89. The fourth-order valence-corrected chi connectivity index (χ4v) is 6.53. The Morgan fingerprint density at radius 1 is 0.925 bits per heavy atom. The number of anilines is 1. The number of rotatable bonds is 11. The lowest BCUT2D eigenvalue weighted by Gasteiger charge is -2.34. The molecular weight excluding hydrogens is 593 g/mol. The van der Waals surface area contributed by atoms with Crippen molar-refractivity contribution in [3.63, 3.8) is 0 Å². The van der Waals surface area contributed by atoms with Gasteiger partial charge in [0.2, 0.25) is 11.8 Å². The molecule has 40 heavy (non-hydrogen) atoms. The Kier molecular flexibility index (Phi) is 10.9. The van der Waals surface area contributed by atoms with Crippen LogP contribution in [0.2, 0.25) is 15.1 Å². The summed E-state index contributed by atoms with van der Waals surface area (Å²) in [7, 11) is -4.19. The van der Waals surface area contributed by atoms with Gasteiger partial charge < -0.3 is 10.2 Å². The molecule has 2 amide bonds. The zero-order chi connectivity index (χ0) is 29.6. The normalized spacial score (nSPS) is 12.2. The van der Waals surface area contributed by atoms with Crippen LogP contribution in [-0.2, 0) is 26.2 Å². The molecule has 3 aromatic rings. The maximum absolute atomic E-state index is 14.1. The lowest BCUT2D eigenvalue weighted by molar-refractivity contribution is -0.140. The van der Waals surface area contributed by atoms with Gasteiger partial charge in [-0.05, 0) is 75.2 Å². The number of carbonyl (C=O) groups excluding carboxylic acids is 2. The molecule has 1 unspecified atom stereocenters. The van der Waals surface area contributed by atoms with Gasteiger partial charge in [-0.3, -0.25) is 13.9 Å². The molecule has 0 bridgehead atoms. The number of halogens is 3. The largest absolute Gasteiger partial charge is 0.352 e. The summed E-state index contributed by atoms with van der Waals surface area (Å²) in [4.78, 5) is 28.7. The van der Waals surface area contributed by atoms with Crippen LogP contribution >= 0.6 is 34.8 Å². The number of hydrogen-bond donors (Lipinski definition) is 1. The Labute approximate surface area is 251 Å². The van der Waals surface area contributed by atoms with Gasteiger partial charge in [0, 0.05) is 33.2 Å². The fourth-order valence-electron chi connectivity index (χ4n) is 4.29. The summed E-state index contributed by atoms with van der Waals surface area (Å²) < 4.78 is 28.9. The third kappa shape index (κ3) is 7.49. The number of hydrogen-bond acceptors (Lipinski definition) is 4.